The summed E-state index contributed by atoms with van der Waals surface area (Å²) < 4.78 is 12.8. The highest BCUT2D eigenvalue weighted by atomic mass is 19.1. The molecule has 21 heavy (non-hydrogen) atoms. The monoisotopic (exact) mass is 294 g/mol. The average molecular weight is 294 g/mol. The first-order valence-electron chi connectivity index (χ1n) is 7.23. The lowest BCUT2D eigenvalue weighted by Gasteiger charge is -2.35. The van der Waals surface area contributed by atoms with E-state index in [0.717, 1.165) is 39.3 Å². The van der Waals surface area contributed by atoms with Gasteiger partial charge in [0.2, 0.25) is 0 Å². The molecular formula is C15H23FN4O. The van der Waals surface area contributed by atoms with Gasteiger partial charge in [-0.05, 0) is 38.4 Å². The summed E-state index contributed by atoms with van der Waals surface area (Å²) in [6, 6.07) is 5.71. The van der Waals surface area contributed by atoms with Gasteiger partial charge < -0.3 is 15.1 Å². The van der Waals surface area contributed by atoms with Crippen molar-refractivity contribution in [3.05, 3.63) is 30.1 Å². The van der Waals surface area contributed by atoms with Crippen molar-refractivity contribution in [1.29, 1.82) is 0 Å². The number of rotatable bonds is 4. The van der Waals surface area contributed by atoms with Gasteiger partial charge in [-0.15, -0.1) is 0 Å². The molecule has 1 aliphatic heterocycles. The van der Waals surface area contributed by atoms with Gasteiger partial charge in [0.15, 0.2) is 0 Å². The molecule has 6 heteroatoms. The predicted molar refractivity (Wildman–Crippen MR) is 82.0 cm³/mol. The van der Waals surface area contributed by atoms with Crippen molar-refractivity contribution in [1.82, 2.24) is 14.7 Å². The third kappa shape index (κ3) is 4.99. The van der Waals surface area contributed by atoms with Gasteiger partial charge in [0.1, 0.15) is 5.82 Å². The minimum absolute atomic E-state index is 0.117. The van der Waals surface area contributed by atoms with Crippen LogP contribution in [0.3, 0.4) is 0 Å². The van der Waals surface area contributed by atoms with Crippen LogP contribution in [0, 0.1) is 5.82 Å². The molecule has 0 unspecified atom stereocenters. The SMILES string of the molecule is CN(C)CCN1CCN(C(=O)Nc2ccc(F)cc2)CC1. The molecule has 2 amide bonds. The molecule has 1 heterocycles. The number of carbonyl (C=O) groups excluding carboxylic acids is 1. The van der Waals surface area contributed by atoms with E-state index < -0.39 is 0 Å². The van der Waals surface area contributed by atoms with Crippen molar-refractivity contribution in [2.75, 3.05) is 58.7 Å². The summed E-state index contributed by atoms with van der Waals surface area (Å²) in [7, 11) is 4.12. The van der Waals surface area contributed by atoms with E-state index in [1.54, 1.807) is 17.0 Å². The van der Waals surface area contributed by atoms with Crippen LogP contribution in [-0.2, 0) is 0 Å². The van der Waals surface area contributed by atoms with Crippen molar-refractivity contribution in [2.45, 2.75) is 0 Å². The van der Waals surface area contributed by atoms with Crippen LogP contribution in [-0.4, -0.2) is 74.1 Å². The Bertz CT molecular complexity index is 455. The second-order valence-corrected chi connectivity index (χ2v) is 5.57. The van der Waals surface area contributed by atoms with Crippen LogP contribution in [0.5, 0.6) is 0 Å². The summed E-state index contributed by atoms with van der Waals surface area (Å²) in [5.41, 5.74) is 0.622. The van der Waals surface area contributed by atoms with Gasteiger partial charge in [-0.25, -0.2) is 9.18 Å². The normalized spacial score (nSPS) is 16.3. The number of piperazine rings is 1. The molecule has 1 aromatic rings. The number of halogens is 1. The Morgan fingerprint density at radius 1 is 1.19 bits per heavy atom. The molecule has 5 nitrogen and oxygen atoms in total. The number of urea groups is 1. The maximum Gasteiger partial charge on any atom is 0.321 e. The molecule has 0 atom stereocenters. The Morgan fingerprint density at radius 2 is 1.81 bits per heavy atom. The fraction of sp³-hybridized carbons (Fsp3) is 0.533. The summed E-state index contributed by atoms with van der Waals surface area (Å²) in [5.74, 6) is -0.303. The maximum absolute atomic E-state index is 12.8. The zero-order chi connectivity index (χ0) is 15.2. The predicted octanol–water partition coefficient (Wildman–Crippen LogP) is 1.54. The molecular weight excluding hydrogens is 271 g/mol. The quantitative estimate of drug-likeness (QED) is 0.915. The van der Waals surface area contributed by atoms with Crippen molar-refractivity contribution in [3.8, 4) is 0 Å². The van der Waals surface area contributed by atoms with Crippen LogP contribution in [0.15, 0.2) is 24.3 Å². The van der Waals surface area contributed by atoms with E-state index in [1.165, 1.54) is 12.1 Å². The van der Waals surface area contributed by atoms with Crippen molar-refractivity contribution < 1.29 is 9.18 Å². The van der Waals surface area contributed by atoms with Crippen LogP contribution in [0.4, 0.5) is 14.9 Å². The molecule has 0 saturated carbocycles. The molecule has 1 N–H and O–H groups in total. The fourth-order valence-corrected chi connectivity index (χ4v) is 2.25. The Balaban J connectivity index is 1.76. The van der Waals surface area contributed by atoms with E-state index >= 15 is 0 Å². The Labute approximate surface area is 125 Å². The highest BCUT2D eigenvalue weighted by molar-refractivity contribution is 5.89. The van der Waals surface area contributed by atoms with Crippen LogP contribution in [0.2, 0.25) is 0 Å². The molecule has 1 aliphatic rings. The first kappa shape index (κ1) is 15.7. The highest BCUT2D eigenvalue weighted by Crippen LogP contribution is 2.10. The van der Waals surface area contributed by atoms with Gasteiger partial charge in [-0.1, -0.05) is 0 Å². The van der Waals surface area contributed by atoms with Crippen LogP contribution in [0.1, 0.15) is 0 Å². The van der Waals surface area contributed by atoms with Gasteiger partial charge in [0.25, 0.3) is 0 Å². The van der Waals surface area contributed by atoms with Crippen molar-refractivity contribution in [2.24, 2.45) is 0 Å². The lowest BCUT2D eigenvalue weighted by molar-refractivity contribution is 0.140. The minimum Gasteiger partial charge on any atom is -0.322 e. The molecule has 116 valence electrons. The first-order valence-corrected chi connectivity index (χ1v) is 7.23. The largest absolute Gasteiger partial charge is 0.322 e. The van der Waals surface area contributed by atoms with Gasteiger partial charge in [-0.2, -0.15) is 0 Å². The molecule has 0 spiro atoms. The molecule has 0 aromatic heterocycles. The number of nitrogens with one attached hydrogen (secondary N) is 1. The Hall–Kier alpha value is -1.66. The minimum atomic E-state index is -0.303. The van der Waals surface area contributed by atoms with E-state index in [9.17, 15) is 9.18 Å². The molecule has 1 fully saturated rings. The highest BCUT2D eigenvalue weighted by Gasteiger charge is 2.20. The second-order valence-electron chi connectivity index (χ2n) is 5.57. The fourth-order valence-electron chi connectivity index (χ4n) is 2.25. The van der Waals surface area contributed by atoms with Crippen LogP contribution in [0.25, 0.3) is 0 Å². The molecule has 0 bridgehead atoms. The lowest BCUT2D eigenvalue weighted by atomic mass is 10.3. The van der Waals surface area contributed by atoms with E-state index in [1.807, 2.05) is 0 Å². The van der Waals surface area contributed by atoms with E-state index in [-0.39, 0.29) is 11.8 Å². The number of carbonyl (C=O) groups is 1. The van der Waals surface area contributed by atoms with E-state index in [2.05, 4.69) is 29.2 Å². The standard InChI is InChI=1S/C15H23FN4O/c1-18(2)7-8-19-9-11-20(12-10-19)15(21)17-14-5-3-13(16)4-6-14/h3-6H,7-12H2,1-2H3,(H,17,21). The average Bonchev–Trinajstić information content (AvgIpc) is 2.48. The van der Waals surface area contributed by atoms with Gasteiger partial charge in [0, 0.05) is 45.0 Å². The molecule has 1 saturated heterocycles. The third-order valence-corrected chi connectivity index (χ3v) is 3.62. The summed E-state index contributed by atoms with van der Waals surface area (Å²) in [6.45, 7) is 5.29. The third-order valence-electron chi connectivity index (χ3n) is 3.62. The number of nitrogens with zero attached hydrogens (tertiary/aromatic N) is 3. The second kappa shape index (κ2) is 7.38. The first-order chi connectivity index (χ1) is 10.0. The number of likely N-dealkylation sites (N-methyl/N-ethyl adjacent to an activating group) is 1. The Kier molecular flexibility index (Phi) is 5.52. The number of anilines is 1. The number of amides is 2. The summed E-state index contributed by atoms with van der Waals surface area (Å²) in [5, 5.41) is 2.80. The van der Waals surface area contributed by atoms with Crippen LogP contribution >= 0.6 is 0 Å². The molecule has 1 aromatic carbocycles. The van der Waals surface area contributed by atoms with Crippen LogP contribution < -0.4 is 5.32 Å². The van der Waals surface area contributed by atoms with Gasteiger partial charge in [0.05, 0.1) is 0 Å². The molecule has 2 rings (SSSR count). The topological polar surface area (TPSA) is 38.8 Å². The van der Waals surface area contributed by atoms with Crippen molar-refractivity contribution in [3.63, 3.8) is 0 Å². The number of benzene rings is 1. The molecule has 0 aliphatic carbocycles. The maximum atomic E-state index is 12.8. The summed E-state index contributed by atoms with van der Waals surface area (Å²) >= 11 is 0. The lowest BCUT2D eigenvalue weighted by Crippen LogP contribution is -2.51. The zero-order valence-electron chi connectivity index (χ0n) is 12.7. The smallest absolute Gasteiger partial charge is 0.321 e. The van der Waals surface area contributed by atoms with Gasteiger partial charge in [-0.3, -0.25) is 4.90 Å². The zero-order valence-corrected chi connectivity index (χ0v) is 12.7. The van der Waals surface area contributed by atoms with E-state index in [4.69, 9.17) is 0 Å². The summed E-state index contributed by atoms with van der Waals surface area (Å²) in [6.07, 6.45) is 0. The Morgan fingerprint density at radius 3 is 2.38 bits per heavy atom. The number of hydrogen-bond acceptors (Lipinski definition) is 3. The molecule has 0 radical (unpaired) electrons. The number of hydrogen-bond donors (Lipinski definition) is 1. The van der Waals surface area contributed by atoms with Crippen molar-refractivity contribution >= 4 is 11.7 Å². The van der Waals surface area contributed by atoms with E-state index in [0.29, 0.717) is 5.69 Å². The summed E-state index contributed by atoms with van der Waals surface area (Å²) in [4.78, 5) is 18.4. The van der Waals surface area contributed by atoms with Gasteiger partial charge >= 0.3 is 6.03 Å².